The molecule has 0 fully saturated rings. The molecule has 0 aliphatic carbocycles. The topological polar surface area (TPSA) is 81.8 Å². The number of benzene rings is 2. The summed E-state index contributed by atoms with van der Waals surface area (Å²) >= 11 is 7.34. The number of thioether (sulfide) groups is 1. The van der Waals surface area contributed by atoms with Crippen molar-refractivity contribution in [2.45, 2.75) is 23.8 Å². The van der Waals surface area contributed by atoms with Crippen LogP contribution in [0, 0.1) is 5.82 Å². The summed E-state index contributed by atoms with van der Waals surface area (Å²) in [5.74, 6) is -1.69. The molecule has 13 heteroatoms. The van der Waals surface area contributed by atoms with Crippen molar-refractivity contribution in [3.8, 4) is 5.69 Å². The zero-order valence-electron chi connectivity index (χ0n) is 17.5. The van der Waals surface area contributed by atoms with E-state index in [1.807, 2.05) is 0 Å². The van der Waals surface area contributed by atoms with Crippen molar-refractivity contribution >= 4 is 46.0 Å². The van der Waals surface area contributed by atoms with Crippen LogP contribution in [-0.4, -0.2) is 31.0 Å². The van der Waals surface area contributed by atoms with Gasteiger partial charge in [0.2, 0.25) is 5.91 Å². The third kappa shape index (κ3) is 4.39. The number of hydrogen-bond donors (Lipinski definition) is 1. The van der Waals surface area contributed by atoms with Gasteiger partial charge in [-0.15, -0.1) is 0 Å². The predicted octanol–water partition coefficient (Wildman–Crippen LogP) is 5.07. The lowest BCUT2D eigenvalue weighted by Gasteiger charge is -2.14. The highest BCUT2D eigenvalue weighted by molar-refractivity contribution is 7.99. The van der Waals surface area contributed by atoms with Gasteiger partial charge in [0.05, 0.1) is 23.5 Å². The average molecular weight is 524 g/mol. The molecule has 1 aliphatic heterocycles. The van der Waals surface area contributed by atoms with Gasteiger partial charge in [-0.05, 0) is 36.4 Å². The van der Waals surface area contributed by atoms with Crippen molar-refractivity contribution in [1.82, 2.24) is 19.3 Å². The molecule has 0 spiro atoms. The second kappa shape index (κ2) is 8.68. The van der Waals surface area contributed by atoms with Crippen molar-refractivity contribution in [2.75, 3.05) is 11.1 Å². The van der Waals surface area contributed by atoms with E-state index in [-0.39, 0.29) is 23.1 Å². The van der Waals surface area contributed by atoms with Gasteiger partial charge in [0, 0.05) is 22.9 Å². The number of hydrogen-bond acceptors (Lipinski definition) is 5. The van der Waals surface area contributed by atoms with Crippen LogP contribution >= 0.6 is 23.4 Å². The number of nitrogens with zero attached hydrogens (tertiary/aromatic N) is 4. The number of carbonyl (C=O) groups is 1. The Bertz CT molecular complexity index is 1530. The number of fused-ring (bicyclic) bond motifs is 2. The maximum Gasteiger partial charge on any atom is 0.419 e. The maximum absolute atomic E-state index is 13.5. The molecule has 35 heavy (non-hydrogen) atoms. The van der Waals surface area contributed by atoms with Gasteiger partial charge in [-0.25, -0.2) is 14.1 Å². The van der Waals surface area contributed by atoms with Gasteiger partial charge in [-0.2, -0.15) is 18.3 Å². The Morgan fingerprint density at radius 3 is 2.77 bits per heavy atom. The number of alkyl halides is 3. The van der Waals surface area contributed by atoms with Crippen LogP contribution in [0.3, 0.4) is 0 Å². The quantitative estimate of drug-likeness (QED) is 0.298. The Hall–Kier alpha value is -3.38. The van der Waals surface area contributed by atoms with E-state index in [4.69, 9.17) is 11.6 Å². The van der Waals surface area contributed by atoms with E-state index in [9.17, 15) is 27.2 Å². The third-order valence-corrected chi connectivity index (χ3v) is 6.73. The minimum atomic E-state index is -4.90. The molecule has 0 saturated carbocycles. The fourth-order valence-corrected chi connectivity index (χ4v) is 5.14. The summed E-state index contributed by atoms with van der Waals surface area (Å²) in [6.07, 6.45) is -3.70. The zero-order valence-corrected chi connectivity index (χ0v) is 19.1. The van der Waals surface area contributed by atoms with Crippen molar-refractivity contribution in [3.63, 3.8) is 0 Å². The molecular weight excluding hydrogens is 510 g/mol. The molecule has 2 aromatic heterocycles. The molecule has 1 amide bonds. The van der Waals surface area contributed by atoms with Gasteiger partial charge in [0.25, 0.3) is 5.56 Å². The number of rotatable bonds is 4. The van der Waals surface area contributed by atoms with E-state index in [2.05, 4.69) is 15.4 Å². The fourth-order valence-electron chi connectivity index (χ4n) is 3.82. The monoisotopic (exact) mass is 523 g/mol. The standard InChI is InChI=1S/C22H14ClF4N5O2S/c23-11-2-1-3-13(6-11)32-19-15(9-28-32)20(34)31-14(10-35-21(31)30-19)8-18(33)29-12-4-5-17(24)16(7-12)22(25,26)27/h1-7,9,14H,8,10H2,(H,29,33). The maximum atomic E-state index is 13.5. The molecule has 0 radical (unpaired) electrons. The molecule has 4 aromatic rings. The molecule has 3 heterocycles. The molecule has 1 atom stereocenters. The smallest absolute Gasteiger partial charge is 0.326 e. The van der Waals surface area contributed by atoms with Gasteiger partial charge in [0.1, 0.15) is 11.2 Å². The van der Waals surface area contributed by atoms with E-state index in [0.717, 1.165) is 6.07 Å². The summed E-state index contributed by atoms with van der Waals surface area (Å²) in [4.78, 5) is 30.3. The van der Waals surface area contributed by atoms with Crippen LogP contribution in [0.5, 0.6) is 0 Å². The van der Waals surface area contributed by atoms with Gasteiger partial charge >= 0.3 is 6.18 Å². The Kier molecular flexibility index (Phi) is 5.80. The fraction of sp³-hybridized carbons (Fsp3) is 0.182. The number of halogens is 5. The number of carbonyl (C=O) groups excluding carboxylic acids is 1. The second-order valence-electron chi connectivity index (χ2n) is 7.75. The van der Waals surface area contributed by atoms with E-state index in [1.54, 1.807) is 24.3 Å². The first-order chi connectivity index (χ1) is 16.6. The summed E-state index contributed by atoms with van der Waals surface area (Å²) in [5.41, 5.74) is -1.09. The molecule has 1 aliphatic rings. The molecule has 2 aromatic carbocycles. The van der Waals surface area contributed by atoms with E-state index >= 15 is 0 Å². The van der Waals surface area contributed by atoms with E-state index < -0.39 is 29.5 Å². The predicted molar refractivity (Wildman–Crippen MR) is 123 cm³/mol. The highest BCUT2D eigenvalue weighted by Crippen LogP contribution is 2.35. The van der Waals surface area contributed by atoms with Crippen LogP contribution < -0.4 is 10.9 Å². The van der Waals surface area contributed by atoms with Crippen molar-refractivity contribution < 1.29 is 22.4 Å². The van der Waals surface area contributed by atoms with E-state index in [0.29, 0.717) is 39.4 Å². The normalized spacial score (nSPS) is 15.4. The Balaban J connectivity index is 1.41. The van der Waals surface area contributed by atoms with Crippen LogP contribution in [0.25, 0.3) is 16.7 Å². The van der Waals surface area contributed by atoms with Crippen LogP contribution in [0.15, 0.2) is 58.6 Å². The number of amides is 1. The van der Waals surface area contributed by atoms with Gasteiger partial charge in [0.15, 0.2) is 10.8 Å². The van der Waals surface area contributed by atoms with Crippen molar-refractivity contribution in [2.24, 2.45) is 0 Å². The molecule has 5 rings (SSSR count). The summed E-state index contributed by atoms with van der Waals surface area (Å²) in [6, 6.07) is 8.54. The van der Waals surface area contributed by atoms with Gasteiger partial charge in [-0.1, -0.05) is 29.4 Å². The van der Waals surface area contributed by atoms with Crippen LogP contribution in [0.2, 0.25) is 5.02 Å². The highest BCUT2D eigenvalue weighted by atomic mass is 35.5. The summed E-state index contributed by atoms with van der Waals surface area (Å²) in [6.45, 7) is 0. The average Bonchev–Trinajstić information content (AvgIpc) is 3.39. The second-order valence-corrected chi connectivity index (χ2v) is 9.18. The number of aromatic nitrogens is 4. The zero-order chi connectivity index (χ0) is 24.9. The van der Waals surface area contributed by atoms with Gasteiger partial charge < -0.3 is 5.32 Å². The lowest BCUT2D eigenvalue weighted by atomic mass is 10.1. The molecular formula is C22H14ClF4N5O2S. The number of anilines is 1. The minimum absolute atomic E-state index is 0.186. The molecule has 7 nitrogen and oxygen atoms in total. The molecule has 1 unspecified atom stereocenters. The Morgan fingerprint density at radius 1 is 1.23 bits per heavy atom. The Labute approximate surface area is 203 Å². The van der Waals surface area contributed by atoms with Gasteiger partial charge in [-0.3, -0.25) is 14.2 Å². The summed E-state index contributed by atoms with van der Waals surface area (Å²) in [7, 11) is 0. The first kappa shape index (κ1) is 23.4. The largest absolute Gasteiger partial charge is 0.419 e. The highest BCUT2D eigenvalue weighted by Gasteiger charge is 2.34. The molecule has 180 valence electrons. The van der Waals surface area contributed by atoms with E-state index in [1.165, 1.54) is 27.2 Å². The summed E-state index contributed by atoms with van der Waals surface area (Å²) in [5, 5.41) is 7.74. The van der Waals surface area contributed by atoms with Crippen LogP contribution in [-0.2, 0) is 11.0 Å². The van der Waals surface area contributed by atoms with Crippen molar-refractivity contribution in [1.29, 1.82) is 0 Å². The van der Waals surface area contributed by atoms with Crippen LogP contribution in [0.1, 0.15) is 18.0 Å². The Morgan fingerprint density at radius 2 is 2.03 bits per heavy atom. The summed E-state index contributed by atoms with van der Waals surface area (Å²) < 4.78 is 55.2. The minimum Gasteiger partial charge on any atom is -0.326 e. The van der Waals surface area contributed by atoms with Crippen LogP contribution in [0.4, 0.5) is 23.2 Å². The van der Waals surface area contributed by atoms with Crippen molar-refractivity contribution in [3.05, 3.63) is 75.4 Å². The first-order valence-corrected chi connectivity index (χ1v) is 11.5. The molecule has 1 N–H and O–H groups in total. The number of nitrogens with one attached hydrogen (secondary N) is 1. The third-order valence-electron chi connectivity index (χ3n) is 5.40. The SMILES string of the molecule is O=C(CC1CSc2nc3c(cnn3-c3cccc(Cl)c3)c(=O)n21)Nc1ccc(F)c(C(F)(F)F)c1. The lowest BCUT2D eigenvalue weighted by Crippen LogP contribution is -2.27. The first-order valence-electron chi connectivity index (χ1n) is 10.2. The molecule has 0 bridgehead atoms. The lowest BCUT2D eigenvalue weighted by molar-refractivity contribution is -0.140. The molecule has 0 saturated heterocycles.